The highest BCUT2D eigenvalue weighted by atomic mass is 32.1. The van der Waals surface area contributed by atoms with Crippen LogP contribution < -0.4 is 10.6 Å². The number of carbonyl (C=O) groups excluding carboxylic acids is 2. The molecular weight excluding hydrogens is 362 g/mol. The number of amides is 2. The van der Waals surface area contributed by atoms with Crippen molar-refractivity contribution in [3.8, 4) is 0 Å². The van der Waals surface area contributed by atoms with Gasteiger partial charge in [0.25, 0.3) is 0 Å². The third kappa shape index (κ3) is 4.10. The van der Waals surface area contributed by atoms with Crippen LogP contribution in [0.4, 0.5) is 10.9 Å². The van der Waals surface area contributed by atoms with E-state index in [4.69, 9.17) is 4.98 Å². The van der Waals surface area contributed by atoms with Crippen LogP contribution in [0.5, 0.6) is 0 Å². The summed E-state index contributed by atoms with van der Waals surface area (Å²) in [6.45, 7) is 3.44. The summed E-state index contributed by atoms with van der Waals surface area (Å²) in [5.74, 6) is 1.18. The van der Waals surface area contributed by atoms with Crippen LogP contribution in [0.2, 0.25) is 0 Å². The molecule has 2 saturated heterocycles. The van der Waals surface area contributed by atoms with Crippen molar-refractivity contribution in [3.63, 3.8) is 0 Å². The Morgan fingerprint density at radius 1 is 1.30 bits per heavy atom. The van der Waals surface area contributed by atoms with E-state index in [1.54, 1.807) is 11.3 Å². The average Bonchev–Trinajstić information content (AvgIpc) is 3.30. The topological polar surface area (TPSA) is 87.2 Å². The van der Waals surface area contributed by atoms with E-state index < -0.39 is 0 Å². The summed E-state index contributed by atoms with van der Waals surface area (Å²) in [7, 11) is 0. The minimum atomic E-state index is -0.332. The van der Waals surface area contributed by atoms with Gasteiger partial charge in [-0.15, -0.1) is 11.3 Å². The van der Waals surface area contributed by atoms with Crippen molar-refractivity contribution in [1.29, 1.82) is 0 Å². The maximum absolute atomic E-state index is 12.5. The van der Waals surface area contributed by atoms with Crippen LogP contribution in [-0.4, -0.2) is 45.8 Å². The van der Waals surface area contributed by atoms with E-state index in [0.29, 0.717) is 31.8 Å². The molecule has 2 amide bonds. The van der Waals surface area contributed by atoms with E-state index >= 15 is 0 Å². The highest BCUT2D eigenvalue weighted by Gasteiger charge is 2.33. The summed E-state index contributed by atoms with van der Waals surface area (Å²) in [6.07, 6.45) is 4.69. The number of rotatable bonds is 4. The molecule has 4 rings (SSSR count). The average molecular weight is 385 g/mol. The fourth-order valence-corrected chi connectivity index (χ4v) is 4.36. The van der Waals surface area contributed by atoms with Gasteiger partial charge in [0.15, 0.2) is 5.13 Å². The van der Waals surface area contributed by atoms with E-state index in [-0.39, 0.29) is 17.9 Å². The molecule has 7 nitrogen and oxygen atoms in total. The maximum atomic E-state index is 12.5. The fourth-order valence-electron chi connectivity index (χ4n) is 3.69. The van der Waals surface area contributed by atoms with E-state index in [1.807, 2.05) is 30.2 Å². The van der Waals surface area contributed by atoms with Crippen molar-refractivity contribution in [2.75, 3.05) is 18.4 Å². The summed E-state index contributed by atoms with van der Waals surface area (Å²) in [5.41, 5.74) is 1.05. The Morgan fingerprint density at radius 3 is 2.78 bits per heavy atom. The van der Waals surface area contributed by atoms with Crippen molar-refractivity contribution >= 4 is 34.1 Å². The molecule has 142 valence electrons. The number of thiazole rings is 1. The van der Waals surface area contributed by atoms with Crippen LogP contribution in [-0.2, 0) is 9.59 Å². The van der Waals surface area contributed by atoms with Crippen LogP contribution in [0.1, 0.15) is 42.2 Å². The number of aryl methyl sites for hydroxylation is 1. The predicted molar refractivity (Wildman–Crippen MR) is 104 cm³/mol. The van der Waals surface area contributed by atoms with E-state index in [1.165, 1.54) is 0 Å². The monoisotopic (exact) mass is 385 g/mol. The normalized spacial score (nSPS) is 20.6. The molecular formula is C19H23N5O2S. The first-order valence-corrected chi connectivity index (χ1v) is 10.1. The first-order chi connectivity index (χ1) is 13.1. The molecule has 0 radical (unpaired) electrons. The van der Waals surface area contributed by atoms with Gasteiger partial charge in [-0.3, -0.25) is 9.59 Å². The summed E-state index contributed by atoms with van der Waals surface area (Å²) >= 11 is 1.60. The molecule has 2 aliphatic heterocycles. The molecule has 2 N–H and O–H groups in total. The molecule has 27 heavy (non-hydrogen) atoms. The number of nitrogens with zero attached hydrogens (tertiary/aromatic N) is 3. The van der Waals surface area contributed by atoms with Crippen molar-refractivity contribution in [1.82, 2.24) is 20.2 Å². The van der Waals surface area contributed by atoms with Crippen LogP contribution in [0, 0.1) is 6.92 Å². The van der Waals surface area contributed by atoms with E-state index in [0.717, 1.165) is 34.4 Å². The summed E-state index contributed by atoms with van der Waals surface area (Å²) in [6, 6.07) is 5.68. The van der Waals surface area contributed by atoms with Crippen molar-refractivity contribution < 1.29 is 9.59 Å². The summed E-state index contributed by atoms with van der Waals surface area (Å²) in [4.78, 5) is 36.0. The quantitative estimate of drug-likeness (QED) is 0.845. The number of likely N-dealkylation sites (tertiary alicyclic amines) is 1. The van der Waals surface area contributed by atoms with Gasteiger partial charge in [-0.05, 0) is 38.3 Å². The SMILES string of the molecule is Cc1cnc(Nc2cccc(C3CCN(C(=O)C4CCC(=O)N4)CC3)n2)s1. The standard InChI is InChI=1S/C19H23N5O2S/c1-12-11-20-19(27-12)23-16-4-2-3-14(21-16)13-7-9-24(10-8-13)18(26)15-5-6-17(25)22-15/h2-4,11,13,15H,5-10H2,1H3,(H,22,25)(H,20,21,23). The molecule has 4 heterocycles. The Labute approximate surface area is 162 Å². The zero-order valence-electron chi connectivity index (χ0n) is 15.3. The number of aromatic nitrogens is 2. The number of hydrogen-bond donors (Lipinski definition) is 2. The molecule has 1 unspecified atom stereocenters. The molecule has 0 spiro atoms. The first-order valence-electron chi connectivity index (χ1n) is 9.33. The lowest BCUT2D eigenvalue weighted by Crippen LogP contribution is -2.47. The lowest BCUT2D eigenvalue weighted by molar-refractivity contribution is -0.135. The number of pyridine rings is 1. The first kappa shape index (κ1) is 17.9. The molecule has 2 aromatic heterocycles. The molecule has 0 bridgehead atoms. The lowest BCUT2D eigenvalue weighted by Gasteiger charge is -2.33. The van der Waals surface area contributed by atoms with Gasteiger partial charge in [-0.25, -0.2) is 9.97 Å². The second kappa shape index (κ2) is 7.64. The maximum Gasteiger partial charge on any atom is 0.245 e. The van der Waals surface area contributed by atoms with Gasteiger partial charge in [0.1, 0.15) is 11.9 Å². The van der Waals surface area contributed by atoms with Gasteiger partial charge < -0.3 is 15.5 Å². The van der Waals surface area contributed by atoms with Crippen molar-refractivity contribution in [2.45, 2.75) is 44.6 Å². The third-order valence-corrected chi connectivity index (χ3v) is 5.97. The summed E-state index contributed by atoms with van der Waals surface area (Å²) in [5, 5.41) is 6.88. The van der Waals surface area contributed by atoms with Gasteiger partial charge in [-0.2, -0.15) is 0 Å². The minimum absolute atomic E-state index is 0.0211. The highest BCUT2D eigenvalue weighted by molar-refractivity contribution is 7.15. The van der Waals surface area contributed by atoms with Crippen LogP contribution in [0.25, 0.3) is 0 Å². The Morgan fingerprint density at radius 2 is 2.11 bits per heavy atom. The van der Waals surface area contributed by atoms with Crippen molar-refractivity contribution in [2.24, 2.45) is 0 Å². The highest BCUT2D eigenvalue weighted by Crippen LogP contribution is 2.29. The molecule has 2 aromatic rings. The molecule has 0 saturated carbocycles. The van der Waals surface area contributed by atoms with E-state index in [9.17, 15) is 9.59 Å². The molecule has 8 heteroatoms. The minimum Gasteiger partial charge on any atom is -0.344 e. The third-order valence-electron chi connectivity index (χ3n) is 5.15. The summed E-state index contributed by atoms with van der Waals surface area (Å²) < 4.78 is 0. The number of piperidine rings is 1. The van der Waals surface area contributed by atoms with Crippen LogP contribution in [0.15, 0.2) is 24.4 Å². The molecule has 2 aliphatic rings. The molecule has 2 fully saturated rings. The predicted octanol–water partition coefficient (Wildman–Crippen LogP) is 2.57. The van der Waals surface area contributed by atoms with Gasteiger partial charge in [0, 0.05) is 42.2 Å². The van der Waals surface area contributed by atoms with Gasteiger partial charge in [0.2, 0.25) is 11.8 Å². The van der Waals surface area contributed by atoms with Crippen LogP contribution >= 0.6 is 11.3 Å². The second-order valence-electron chi connectivity index (χ2n) is 7.11. The van der Waals surface area contributed by atoms with Gasteiger partial charge in [-0.1, -0.05) is 6.07 Å². The van der Waals surface area contributed by atoms with Gasteiger partial charge >= 0.3 is 0 Å². The zero-order chi connectivity index (χ0) is 18.8. The lowest BCUT2D eigenvalue weighted by atomic mass is 9.92. The van der Waals surface area contributed by atoms with E-state index in [2.05, 4.69) is 21.7 Å². The molecule has 1 atom stereocenters. The number of carbonyl (C=O) groups is 2. The zero-order valence-corrected chi connectivity index (χ0v) is 16.1. The number of hydrogen-bond acceptors (Lipinski definition) is 6. The fraction of sp³-hybridized carbons (Fsp3) is 0.474. The number of anilines is 2. The Kier molecular flexibility index (Phi) is 5.07. The second-order valence-corrected chi connectivity index (χ2v) is 8.34. The molecule has 0 aromatic carbocycles. The van der Waals surface area contributed by atoms with Crippen LogP contribution in [0.3, 0.4) is 0 Å². The Balaban J connectivity index is 1.36. The molecule has 0 aliphatic carbocycles. The smallest absolute Gasteiger partial charge is 0.245 e. The Bertz CT molecular complexity index is 844. The van der Waals surface area contributed by atoms with Crippen molar-refractivity contribution in [3.05, 3.63) is 35.0 Å². The largest absolute Gasteiger partial charge is 0.344 e. The Hall–Kier alpha value is -2.48. The van der Waals surface area contributed by atoms with Gasteiger partial charge in [0.05, 0.1) is 0 Å². The number of nitrogens with one attached hydrogen (secondary N) is 2.